The highest BCUT2D eigenvalue weighted by Gasteiger charge is 2.35. The summed E-state index contributed by atoms with van der Waals surface area (Å²) in [6, 6.07) is 33.5. The summed E-state index contributed by atoms with van der Waals surface area (Å²) in [6.45, 7) is 17.8. The molecule has 1 amide bonds. The van der Waals surface area contributed by atoms with E-state index in [0.717, 1.165) is 151 Å². The van der Waals surface area contributed by atoms with Crippen molar-refractivity contribution in [2.24, 2.45) is 16.6 Å². The molecule has 16 nitrogen and oxygen atoms in total. The number of anilines is 2. The number of nitrogens with two attached hydrogens (primary N) is 1. The lowest BCUT2D eigenvalue weighted by Gasteiger charge is -2.37. The number of nitrogens with zero attached hydrogens (tertiary/aromatic N) is 8. The van der Waals surface area contributed by atoms with E-state index in [0.29, 0.717) is 19.3 Å². The van der Waals surface area contributed by atoms with E-state index in [1.54, 1.807) is 0 Å². The number of para-hydroxylation sites is 2. The molecule has 73 heavy (non-hydrogen) atoms. The second-order valence-corrected chi connectivity index (χ2v) is 22.0. The molecule has 0 bridgehead atoms. The third-order valence-electron chi connectivity index (χ3n) is 14.3. The normalized spacial score (nSPS) is 18.0. The van der Waals surface area contributed by atoms with E-state index >= 15 is 0 Å². The summed E-state index contributed by atoms with van der Waals surface area (Å²) in [4.78, 5) is 36.4. The highest BCUT2D eigenvalue weighted by molar-refractivity contribution is 5.93. The number of ether oxygens (including phenoxy) is 5. The number of pyridine rings is 2. The quantitative estimate of drug-likeness (QED) is 0.126. The maximum absolute atomic E-state index is 12.2. The lowest BCUT2D eigenvalue weighted by molar-refractivity contribution is -0.120. The number of aromatic nitrogens is 6. The van der Waals surface area contributed by atoms with Crippen molar-refractivity contribution in [1.29, 1.82) is 0 Å². The smallest absolute Gasteiger partial charge is 0.407 e. The molecule has 0 saturated carbocycles. The Bertz CT molecular complexity index is 3270. The number of piperidine rings is 2. The maximum atomic E-state index is 12.2. The molecule has 4 aromatic carbocycles. The molecular formula is C57H66N10O6. The Kier molecular flexibility index (Phi) is 13.1. The lowest BCUT2D eigenvalue weighted by atomic mass is 9.90. The topological polar surface area (TPSA) is 169 Å². The summed E-state index contributed by atoms with van der Waals surface area (Å²) < 4.78 is 32.2. The Labute approximate surface area is 425 Å². The number of benzene rings is 4. The highest BCUT2D eigenvalue weighted by atomic mass is 16.6. The average molecular weight is 987 g/mol. The predicted octanol–water partition coefficient (Wildman–Crippen LogP) is 9.40. The van der Waals surface area contributed by atoms with Gasteiger partial charge in [-0.15, -0.1) is 0 Å². The van der Waals surface area contributed by atoms with Gasteiger partial charge in [0.25, 0.3) is 0 Å². The van der Waals surface area contributed by atoms with E-state index in [4.69, 9.17) is 39.4 Å². The molecule has 8 aromatic rings. The van der Waals surface area contributed by atoms with Gasteiger partial charge in [-0.1, -0.05) is 38.1 Å². The molecule has 0 atom stereocenters. The fourth-order valence-electron chi connectivity index (χ4n) is 10.0. The van der Waals surface area contributed by atoms with Gasteiger partial charge in [-0.2, -0.15) is 0 Å². The van der Waals surface area contributed by atoms with Crippen LogP contribution in [-0.2, 0) is 14.2 Å². The number of carbonyl (C=O) groups is 1. The van der Waals surface area contributed by atoms with Crippen LogP contribution in [0.4, 0.5) is 16.2 Å². The molecule has 16 heteroatoms. The van der Waals surface area contributed by atoms with Crippen LogP contribution in [0, 0.1) is 10.8 Å². The third-order valence-corrected chi connectivity index (χ3v) is 14.3. The molecule has 4 aliphatic heterocycles. The first-order valence-electron chi connectivity index (χ1n) is 25.6. The van der Waals surface area contributed by atoms with E-state index in [1.807, 2.05) is 79.0 Å². The van der Waals surface area contributed by atoms with Gasteiger partial charge in [0.2, 0.25) is 0 Å². The van der Waals surface area contributed by atoms with Crippen LogP contribution in [0.5, 0.6) is 11.5 Å². The number of hydrogen-bond acceptors (Lipinski definition) is 13. The first-order chi connectivity index (χ1) is 35.2. The minimum absolute atomic E-state index is 0.0882. The Morgan fingerprint density at radius 3 is 1.56 bits per heavy atom. The Balaban J connectivity index is 0.000000160. The summed E-state index contributed by atoms with van der Waals surface area (Å²) in [5.74, 6) is 3.32. The van der Waals surface area contributed by atoms with Crippen LogP contribution in [0.3, 0.4) is 0 Å². The van der Waals surface area contributed by atoms with E-state index in [1.165, 1.54) is 5.69 Å². The summed E-state index contributed by atoms with van der Waals surface area (Å²) in [6.07, 6.45) is 7.02. The molecule has 3 N–H and O–H groups in total. The van der Waals surface area contributed by atoms with Crippen LogP contribution in [0.2, 0.25) is 0 Å². The SMILES string of the molecule is CC1(COc2ccc3c(c2)ncn3-c2ccc3cccc(N4CCC(N)CC4)c3n2)COC1.CC1(COc2ccc3c(c2)ncn3-c2ccc3cccc(N4CCC(NC(=O)OC(C)(C)C)CC4)c3n2)COC1. The molecule has 0 spiro atoms. The summed E-state index contributed by atoms with van der Waals surface area (Å²) in [5.41, 5.74) is 13.8. The van der Waals surface area contributed by atoms with Crippen molar-refractivity contribution in [3.63, 3.8) is 0 Å². The summed E-state index contributed by atoms with van der Waals surface area (Å²) in [7, 11) is 0. The summed E-state index contributed by atoms with van der Waals surface area (Å²) in [5, 5.41) is 5.25. The van der Waals surface area contributed by atoms with Gasteiger partial charge >= 0.3 is 6.09 Å². The first kappa shape index (κ1) is 48.3. The van der Waals surface area contributed by atoms with Crippen molar-refractivity contribution in [3.05, 3.63) is 110 Å². The molecule has 4 saturated heterocycles. The summed E-state index contributed by atoms with van der Waals surface area (Å²) >= 11 is 0. The Morgan fingerprint density at radius 1 is 0.658 bits per heavy atom. The number of amides is 1. The van der Waals surface area contributed by atoms with Crippen molar-refractivity contribution in [2.45, 2.75) is 78.0 Å². The number of nitrogens with one attached hydrogen (secondary N) is 1. The minimum Gasteiger partial charge on any atom is -0.493 e. The molecule has 4 aromatic heterocycles. The Morgan fingerprint density at radius 2 is 1.12 bits per heavy atom. The number of hydrogen-bond donors (Lipinski definition) is 2. The Hall–Kier alpha value is -7.01. The van der Waals surface area contributed by atoms with Crippen molar-refractivity contribution >= 4 is 61.3 Å². The van der Waals surface area contributed by atoms with Crippen molar-refractivity contribution in [3.8, 4) is 23.1 Å². The number of rotatable bonds is 11. The zero-order valence-electron chi connectivity index (χ0n) is 42.6. The largest absolute Gasteiger partial charge is 0.493 e. The molecule has 4 aliphatic rings. The second-order valence-electron chi connectivity index (χ2n) is 22.0. The van der Waals surface area contributed by atoms with Gasteiger partial charge in [-0.25, -0.2) is 24.7 Å². The molecule has 0 unspecified atom stereocenters. The third kappa shape index (κ3) is 10.6. The van der Waals surface area contributed by atoms with Crippen molar-refractivity contribution < 1.29 is 28.5 Å². The standard InChI is InChI=1S/C31H37N5O4.C26H29N5O2/c1-30(2,3)40-29(37)33-22-12-14-35(15-13-22)26-7-5-6-21-8-11-27(34-28(21)26)36-20-32-24-16-23(9-10-25(24)36)39-19-31(4)17-38-18-31;1-26(14-32-15-26)16-33-20-6-7-22-21(13-20)28-17-31(22)24-8-5-18-3-2-4-23(25(18)29-24)30-11-9-19(27)10-12-30/h5-11,16,20,22H,12-15,17-19H2,1-4H3,(H,33,37);2-8,13,17,19H,9-12,14-16,27H2,1H3. The number of carbonyl (C=O) groups excluding carboxylic acids is 1. The van der Waals surface area contributed by atoms with Gasteiger partial charge in [-0.05, 0) is 107 Å². The number of alkyl carbamates (subject to hydrolysis) is 1. The fourth-order valence-corrected chi connectivity index (χ4v) is 10.0. The van der Waals surface area contributed by atoms with E-state index in [9.17, 15) is 4.79 Å². The zero-order chi connectivity index (χ0) is 50.3. The molecule has 0 aliphatic carbocycles. The number of fused-ring (bicyclic) bond motifs is 4. The second kappa shape index (κ2) is 19.8. The molecule has 380 valence electrons. The minimum atomic E-state index is -0.502. The zero-order valence-corrected chi connectivity index (χ0v) is 42.6. The molecule has 0 radical (unpaired) electrons. The maximum Gasteiger partial charge on any atom is 0.407 e. The molecule has 12 rings (SSSR count). The van der Waals surface area contributed by atoms with Crippen LogP contribution in [0.15, 0.2) is 110 Å². The molecular weight excluding hydrogens is 921 g/mol. The lowest BCUT2D eigenvalue weighted by Crippen LogP contribution is -2.46. The van der Waals surface area contributed by atoms with E-state index in [2.05, 4.69) is 99.6 Å². The van der Waals surface area contributed by atoms with Gasteiger partial charge in [0.05, 0.1) is 84.1 Å². The van der Waals surface area contributed by atoms with Gasteiger partial charge in [-0.3, -0.25) is 9.13 Å². The first-order valence-corrected chi connectivity index (χ1v) is 25.6. The van der Waals surface area contributed by atoms with Crippen molar-refractivity contribution in [2.75, 3.05) is 75.6 Å². The van der Waals surface area contributed by atoms with Crippen LogP contribution >= 0.6 is 0 Å². The van der Waals surface area contributed by atoms with Crippen LogP contribution < -0.4 is 30.3 Å². The highest BCUT2D eigenvalue weighted by Crippen LogP contribution is 2.34. The van der Waals surface area contributed by atoms with Crippen LogP contribution in [0.25, 0.3) is 55.5 Å². The van der Waals surface area contributed by atoms with E-state index < -0.39 is 5.60 Å². The van der Waals surface area contributed by atoms with Crippen LogP contribution in [-0.4, -0.2) is 119 Å². The molecule has 8 heterocycles. The van der Waals surface area contributed by atoms with Crippen molar-refractivity contribution in [1.82, 2.24) is 34.4 Å². The van der Waals surface area contributed by atoms with E-state index in [-0.39, 0.29) is 23.0 Å². The van der Waals surface area contributed by atoms with Gasteiger partial charge in [0, 0.05) is 72.0 Å². The van der Waals surface area contributed by atoms with Gasteiger partial charge in [0.1, 0.15) is 41.4 Å². The van der Waals surface area contributed by atoms with Gasteiger partial charge in [0.15, 0.2) is 0 Å². The predicted molar refractivity (Wildman–Crippen MR) is 286 cm³/mol. The van der Waals surface area contributed by atoms with Crippen LogP contribution in [0.1, 0.15) is 60.3 Å². The fraction of sp³-hybridized carbons (Fsp3) is 0.421. The number of imidazole rings is 2. The van der Waals surface area contributed by atoms with Gasteiger partial charge < -0.3 is 44.5 Å². The average Bonchev–Trinajstić information content (AvgIpc) is 4.00. The molecule has 4 fully saturated rings. The monoisotopic (exact) mass is 987 g/mol.